The average molecular weight is 283 g/mol. The average Bonchev–Trinajstić information content (AvgIpc) is 2.35. The number of rotatable bonds is 3. The van der Waals surface area contributed by atoms with E-state index in [4.69, 9.17) is 0 Å². The molecule has 0 bridgehead atoms. The lowest BCUT2D eigenvalue weighted by molar-refractivity contribution is 0.372. The van der Waals surface area contributed by atoms with Crippen molar-refractivity contribution in [3.63, 3.8) is 0 Å². The maximum absolute atomic E-state index is 13.3. The molecular weight excluding hydrogens is 261 g/mol. The van der Waals surface area contributed by atoms with E-state index in [1.807, 2.05) is 6.07 Å². The van der Waals surface area contributed by atoms with Crippen molar-refractivity contribution in [1.82, 2.24) is 0 Å². The van der Waals surface area contributed by atoms with E-state index < -0.39 is 0 Å². The highest BCUT2D eigenvalue weighted by atomic mass is 19.1. The summed E-state index contributed by atoms with van der Waals surface area (Å²) in [6.45, 7) is 6.45. The van der Waals surface area contributed by atoms with Gasteiger partial charge in [0.05, 0.1) is 0 Å². The summed E-state index contributed by atoms with van der Waals surface area (Å²) in [5, 5.41) is 3.66. The Bertz CT molecular complexity index is 633. The molecule has 1 saturated carbocycles. The van der Waals surface area contributed by atoms with Crippen molar-refractivity contribution in [2.75, 3.05) is 5.32 Å². The van der Waals surface area contributed by atoms with Gasteiger partial charge in [-0.15, -0.1) is 0 Å². The molecule has 0 heterocycles. The Morgan fingerprint density at radius 3 is 2.29 bits per heavy atom. The Kier molecular flexibility index (Phi) is 3.71. The van der Waals surface area contributed by atoms with Gasteiger partial charge in [0.25, 0.3) is 0 Å². The van der Waals surface area contributed by atoms with Crippen molar-refractivity contribution in [2.24, 2.45) is 0 Å². The van der Waals surface area contributed by atoms with Gasteiger partial charge >= 0.3 is 0 Å². The van der Waals surface area contributed by atoms with Crippen molar-refractivity contribution in [1.29, 1.82) is 0 Å². The Labute approximate surface area is 126 Å². The molecule has 0 aromatic heterocycles. The number of nitrogens with one attached hydrogen (secondary N) is 1. The second kappa shape index (κ2) is 5.51. The Balaban J connectivity index is 1.65. The van der Waals surface area contributed by atoms with Crippen LogP contribution in [0.3, 0.4) is 0 Å². The van der Waals surface area contributed by atoms with Crippen molar-refractivity contribution in [3.8, 4) is 0 Å². The topological polar surface area (TPSA) is 12.0 Å². The van der Waals surface area contributed by atoms with E-state index in [1.54, 1.807) is 12.1 Å². The molecular formula is C19H22FN. The standard InChI is InChI=1S/C19H22FN/c1-12-7-13(2)19(14(3)8-12)21-18-10-16(11-18)15-5-4-6-17(20)9-15/h4-9,16,18,21H,10-11H2,1-3H3. The van der Waals surface area contributed by atoms with Gasteiger partial charge in [-0.05, 0) is 68.4 Å². The predicted octanol–water partition coefficient (Wildman–Crippen LogP) is 5.11. The van der Waals surface area contributed by atoms with Gasteiger partial charge in [0.15, 0.2) is 0 Å². The summed E-state index contributed by atoms with van der Waals surface area (Å²) in [6.07, 6.45) is 2.16. The lowest BCUT2D eigenvalue weighted by atomic mass is 9.75. The third kappa shape index (κ3) is 2.94. The van der Waals surface area contributed by atoms with Crippen molar-refractivity contribution in [2.45, 2.75) is 45.6 Å². The highest BCUT2D eigenvalue weighted by Gasteiger charge is 2.30. The number of hydrogen-bond donors (Lipinski definition) is 1. The van der Waals surface area contributed by atoms with E-state index in [0.29, 0.717) is 12.0 Å². The quantitative estimate of drug-likeness (QED) is 0.825. The van der Waals surface area contributed by atoms with E-state index in [0.717, 1.165) is 18.4 Å². The molecule has 0 radical (unpaired) electrons. The lowest BCUT2D eigenvalue weighted by Gasteiger charge is -2.37. The third-order valence-electron chi connectivity index (χ3n) is 4.48. The van der Waals surface area contributed by atoms with Gasteiger partial charge in [0.1, 0.15) is 5.82 Å². The number of aryl methyl sites for hydroxylation is 3. The number of anilines is 1. The molecule has 1 nitrogen and oxygen atoms in total. The Morgan fingerprint density at radius 1 is 1.00 bits per heavy atom. The zero-order chi connectivity index (χ0) is 15.0. The zero-order valence-corrected chi connectivity index (χ0v) is 12.9. The van der Waals surface area contributed by atoms with Crippen LogP contribution in [0.1, 0.15) is 41.0 Å². The van der Waals surface area contributed by atoms with E-state index in [2.05, 4.69) is 38.2 Å². The minimum absolute atomic E-state index is 0.130. The van der Waals surface area contributed by atoms with Gasteiger partial charge in [-0.3, -0.25) is 0 Å². The largest absolute Gasteiger partial charge is 0.382 e. The summed E-state index contributed by atoms with van der Waals surface area (Å²) < 4.78 is 13.3. The molecule has 2 heteroatoms. The van der Waals surface area contributed by atoms with Crippen LogP contribution in [-0.2, 0) is 0 Å². The predicted molar refractivity (Wildman–Crippen MR) is 86.4 cm³/mol. The van der Waals surface area contributed by atoms with Gasteiger partial charge in [-0.2, -0.15) is 0 Å². The third-order valence-corrected chi connectivity index (χ3v) is 4.48. The van der Waals surface area contributed by atoms with E-state index >= 15 is 0 Å². The van der Waals surface area contributed by atoms with Crippen molar-refractivity contribution in [3.05, 3.63) is 64.5 Å². The van der Waals surface area contributed by atoms with Crippen LogP contribution >= 0.6 is 0 Å². The summed E-state index contributed by atoms with van der Waals surface area (Å²) in [5.74, 6) is 0.360. The molecule has 2 aromatic rings. The summed E-state index contributed by atoms with van der Waals surface area (Å²) in [4.78, 5) is 0. The molecule has 3 rings (SSSR count). The van der Waals surface area contributed by atoms with Crippen LogP contribution in [0.4, 0.5) is 10.1 Å². The lowest BCUT2D eigenvalue weighted by Crippen LogP contribution is -2.34. The molecule has 1 aliphatic rings. The van der Waals surface area contributed by atoms with Gasteiger partial charge in [-0.1, -0.05) is 29.8 Å². The van der Waals surface area contributed by atoms with Crippen LogP contribution in [0.25, 0.3) is 0 Å². The Hall–Kier alpha value is -1.83. The smallest absolute Gasteiger partial charge is 0.123 e. The minimum atomic E-state index is -0.130. The van der Waals surface area contributed by atoms with Crippen LogP contribution in [0.2, 0.25) is 0 Å². The molecule has 1 fully saturated rings. The highest BCUT2D eigenvalue weighted by molar-refractivity contribution is 5.59. The Morgan fingerprint density at radius 2 is 1.67 bits per heavy atom. The van der Waals surface area contributed by atoms with E-state index in [9.17, 15) is 4.39 Å². The van der Waals surface area contributed by atoms with Crippen LogP contribution in [0.5, 0.6) is 0 Å². The first-order chi connectivity index (χ1) is 10.0. The second-order valence-electron chi connectivity index (χ2n) is 6.34. The minimum Gasteiger partial charge on any atom is -0.382 e. The molecule has 110 valence electrons. The van der Waals surface area contributed by atoms with Crippen molar-refractivity contribution >= 4 is 5.69 Å². The van der Waals surface area contributed by atoms with Crippen LogP contribution in [-0.4, -0.2) is 6.04 Å². The zero-order valence-electron chi connectivity index (χ0n) is 12.9. The van der Waals surface area contributed by atoms with Gasteiger partial charge in [-0.25, -0.2) is 4.39 Å². The normalized spacial score (nSPS) is 21.0. The molecule has 1 aliphatic carbocycles. The highest BCUT2D eigenvalue weighted by Crippen LogP contribution is 2.39. The molecule has 0 aliphatic heterocycles. The van der Waals surface area contributed by atoms with Crippen LogP contribution < -0.4 is 5.32 Å². The summed E-state index contributed by atoms with van der Waals surface area (Å²) in [6, 6.07) is 12.0. The second-order valence-corrected chi connectivity index (χ2v) is 6.34. The summed E-state index contributed by atoms with van der Waals surface area (Å²) >= 11 is 0. The molecule has 0 atom stereocenters. The molecule has 0 unspecified atom stereocenters. The van der Waals surface area contributed by atoms with Gasteiger partial charge < -0.3 is 5.32 Å². The molecule has 0 saturated heterocycles. The summed E-state index contributed by atoms with van der Waals surface area (Å²) in [7, 11) is 0. The molecule has 0 amide bonds. The fraction of sp³-hybridized carbons (Fsp3) is 0.368. The monoisotopic (exact) mass is 283 g/mol. The SMILES string of the molecule is Cc1cc(C)c(NC2CC(c3cccc(F)c3)C2)c(C)c1. The maximum atomic E-state index is 13.3. The first kappa shape index (κ1) is 14.1. The van der Waals surface area contributed by atoms with Gasteiger partial charge in [0.2, 0.25) is 0 Å². The number of hydrogen-bond acceptors (Lipinski definition) is 1. The summed E-state index contributed by atoms with van der Waals surface area (Å²) in [5.41, 5.74) is 6.32. The van der Waals surface area contributed by atoms with Crippen LogP contribution in [0, 0.1) is 26.6 Å². The van der Waals surface area contributed by atoms with E-state index in [1.165, 1.54) is 28.4 Å². The van der Waals surface area contributed by atoms with E-state index in [-0.39, 0.29) is 5.82 Å². The first-order valence-corrected chi connectivity index (χ1v) is 7.63. The molecule has 1 N–H and O–H groups in total. The molecule has 21 heavy (non-hydrogen) atoms. The van der Waals surface area contributed by atoms with Crippen LogP contribution in [0.15, 0.2) is 36.4 Å². The fourth-order valence-corrected chi connectivity index (χ4v) is 3.38. The fourth-order valence-electron chi connectivity index (χ4n) is 3.38. The maximum Gasteiger partial charge on any atom is 0.123 e. The molecule has 0 spiro atoms. The molecule has 2 aromatic carbocycles. The first-order valence-electron chi connectivity index (χ1n) is 7.63. The van der Waals surface area contributed by atoms with Crippen molar-refractivity contribution < 1.29 is 4.39 Å². The van der Waals surface area contributed by atoms with Gasteiger partial charge in [0, 0.05) is 11.7 Å². The number of benzene rings is 2. The number of halogens is 1.